The van der Waals surface area contributed by atoms with Crippen molar-refractivity contribution in [1.29, 1.82) is 0 Å². The number of para-hydroxylation sites is 5. The van der Waals surface area contributed by atoms with E-state index in [9.17, 15) is 0 Å². The van der Waals surface area contributed by atoms with Crippen LogP contribution < -0.4 is 4.90 Å². The third kappa shape index (κ3) is 6.32. The number of benzene rings is 8. The summed E-state index contributed by atoms with van der Waals surface area (Å²) in [6.07, 6.45) is 5.51. The maximum Gasteiger partial charge on any atom is 0.160 e. The Morgan fingerprint density at radius 1 is 0.446 bits per heavy atom. The number of hydrogen-bond donors (Lipinski definition) is 0. The monoisotopic (exact) mass is 831 g/mol. The summed E-state index contributed by atoms with van der Waals surface area (Å²) in [6, 6.07) is 73.7. The maximum atomic E-state index is 5.12. The lowest BCUT2D eigenvalue weighted by Gasteiger charge is -2.26. The fraction of sp³-hybridized carbons (Fsp3) is 0. The number of aromatic nitrogens is 4. The van der Waals surface area contributed by atoms with Gasteiger partial charge in [0.05, 0.1) is 50.7 Å². The third-order valence-corrected chi connectivity index (χ3v) is 12.6. The Kier molecular flexibility index (Phi) is 9.06. The Morgan fingerprint density at radius 3 is 1.92 bits per heavy atom. The molecule has 3 aromatic heterocycles. The number of nitrogens with zero attached hydrogens (tertiary/aromatic N) is 5. The number of anilines is 3. The van der Waals surface area contributed by atoms with Gasteiger partial charge in [-0.15, -0.1) is 0 Å². The first-order valence-corrected chi connectivity index (χ1v) is 21.9. The molecular formula is C60H41N5. The van der Waals surface area contributed by atoms with Gasteiger partial charge in [0.1, 0.15) is 0 Å². The summed E-state index contributed by atoms with van der Waals surface area (Å²) in [5, 5.41) is 3.57. The van der Waals surface area contributed by atoms with E-state index in [0.717, 1.165) is 73.1 Å². The minimum atomic E-state index is 0.641. The summed E-state index contributed by atoms with van der Waals surface area (Å²) >= 11 is 0. The van der Waals surface area contributed by atoms with Crippen LogP contribution in [0, 0.1) is 0 Å². The summed E-state index contributed by atoms with van der Waals surface area (Å²) in [5.41, 5.74) is 18.2. The number of allylic oxidation sites excluding steroid dienone is 4. The zero-order chi connectivity index (χ0) is 43.4. The summed E-state index contributed by atoms with van der Waals surface area (Å²) in [7, 11) is 0. The standard InChI is InChI=1S/C60H41N5/c1-3-18-40(4-2)51-39-52(41-19-7-5-8-20-41)62-60(61-51)44-21-17-24-47(36-44)64-54-27-13-11-25-48(54)50-37-43(32-34-56(50)64)42-31-33-53-45(35-42)38-59-49-26-12-14-28-55(49)63(46-22-9-6-10-23-46)57-29-15-16-30-58(57)65(53)59/h3-39H,1-2H2/b40-18+. The van der Waals surface area contributed by atoms with Gasteiger partial charge < -0.3 is 14.0 Å². The Balaban J connectivity index is 0.973. The first kappa shape index (κ1) is 37.9. The van der Waals surface area contributed by atoms with Crippen molar-refractivity contribution in [3.05, 3.63) is 243 Å². The number of rotatable bonds is 8. The molecular weight excluding hydrogens is 791 g/mol. The van der Waals surface area contributed by atoms with Gasteiger partial charge >= 0.3 is 0 Å². The van der Waals surface area contributed by atoms with E-state index >= 15 is 0 Å². The molecule has 0 fully saturated rings. The van der Waals surface area contributed by atoms with Crippen molar-refractivity contribution in [3.63, 3.8) is 0 Å². The summed E-state index contributed by atoms with van der Waals surface area (Å²) < 4.78 is 4.79. The smallest absolute Gasteiger partial charge is 0.160 e. The predicted octanol–water partition coefficient (Wildman–Crippen LogP) is 15.7. The predicted molar refractivity (Wildman–Crippen MR) is 272 cm³/mol. The van der Waals surface area contributed by atoms with Crippen molar-refractivity contribution >= 4 is 55.3 Å². The quantitative estimate of drug-likeness (QED) is 0.143. The molecule has 4 heterocycles. The molecule has 5 nitrogen and oxygen atoms in total. The molecule has 0 saturated carbocycles. The Bertz CT molecular complexity index is 3700. The molecule has 306 valence electrons. The largest absolute Gasteiger partial charge is 0.309 e. The van der Waals surface area contributed by atoms with Gasteiger partial charge in [-0.1, -0.05) is 153 Å². The second kappa shape index (κ2) is 15.5. The van der Waals surface area contributed by atoms with Gasteiger partial charge in [-0.05, 0) is 102 Å². The van der Waals surface area contributed by atoms with Crippen molar-refractivity contribution in [1.82, 2.24) is 19.1 Å². The lowest BCUT2D eigenvalue weighted by molar-refractivity contribution is 1.14. The average Bonchev–Trinajstić information content (AvgIpc) is 3.88. The van der Waals surface area contributed by atoms with Gasteiger partial charge in [0.15, 0.2) is 5.82 Å². The van der Waals surface area contributed by atoms with E-state index in [1.807, 2.05) is 36.4 Å². The zero-order valence-corrected chi connectivity index (χ0v) is 35.5. The number of hydrogen-bond acceptors (Lipinski definition) is 3. The van der Waals surface area contributed by atoms with Crippen LogP contribution in [0.4, 0.5) is 17.1 Å². The molecule has 0 aliphatic carbocycles. The molecule has 0 bridgehead atoms. The van der Waals surface area contributed by atoms with Crippen LogP contribution in [0.1, 0.15) is 5.69 Å². The molecule has 0 radical (unpaired) electrons. The Hall–Kier alpha value is -8.80. The normalized spacial score (nSPS) is 12.2. The summed E-state index contributed by atoms with van der Waals surface area (Å²) in [5.74, 6) is 0.641. The molecule has 0 unspecified atom stereocenters. The Labute approximate surface area is 377 Å². The van der Waals surface area contributed by atoms with Crippen molar-refractivity contribution in [2.24, 2.45) is 0 Å². The van der Waals surface area contributed by atoms with Gasteiger partial charge in [0.25, 0.3) is 0 Å². The molecule has 0 saturated heterocycles. The van der Waals surface area contributed by atoms with Gasteiger partial charge in [0, 0.05) is 44.2 Å². The third-order valence-electron chi connectivity index (χ3n) is 12.6. The second-order valence-electron chi connectivity index (χ2n) is 16.3. The van der Waals surface area contributed by atoms with Gasteiger partial charge in [-0.3, -0.25) is 0 Å². The Morgan fingerprint density at radius 2 is 1.11 bits per heavy atom. The van der Waals surface area contributed by atoms with Crippen LogP contribution >= 0.6 is 0 Å². The van der Waals surface area contributed by atoms with Crippen LogP contribution in [0.15, 0.2) is 238 Å². The van der Waals surface area contributed by atoms with Crippen molar-refractivity contribution in [3.8, 4) is 56.4 Å². The van der Waals surface area contributed by atoms with Crippen LogP contribution in [-0.2, 0) is 0 Å². The van der Waals surface area contributed by atoms with E-state index in [4.69, 9.17) is 9.97 Å². The zero-order valence-electron chi connectivity index (χ0n) is 35.5. The van der Waals surface area contributed by atoms with E-state index in [0.29, 0.717) is 5.82 Å². The highest BCUT2D eigenvalue weighted by atomic mass is 15.2. The fourth-order valence-electron chi connectivity index (χ4n) is 9.65. The fourth-order valence-corrected chi connectivity index (χ4v) is 9.65. The molecule has 8 aromatic carbocycles. The summed E-state index contributed by atoms with van der Waals surface area (Å²) in [6.45, 7) is 7.99. The second-order valence-corrected chi connectivity index (χ2v) is 16.3. The minimum absolute atomic E-state index is 0.641. The maximum absolute atomic E-state index is 5.12. The molecule has 12 rings (SSSR count). The first-order valence-electron chi connectivity index (χ1n) is 21.9. The van der Waals surface area contributed by atoms with Crippen LogP contribution in [0.25, 0.3) is 94.7 Å². The lowest BCUT2D eigenvalue weighted by Crippen LogP contribution is -2.11. The summed E-state index contributed by atoms with van der Waals surface area (Å²) in [4.78, 5) is 12.6. The molecule has 0 spiro atoms. The SMILES string of the molecule is C=C/C=C(\C=C)c1cc(-c2ccccc2)nc(-c2cccc(-n3c4ccccc4c4cc(-c5ccc6c(c5)cc5n6-c6ccccc6N(c6ccccc6)c6ccccc6-5)ccc43)c2)n1. The highest BCUT2D eigenvalue weighted by Crippen LogP contribution is 2.49. The minimum Gasteiger partial charge on any atom is -0.309 e. The number of fused-ring (bicyclic) bond motifs is 10. The molecule has 65 heavy (non-hydrogen) atoms. The van der Waals surface area contributed by atoms with Crippen LogP contribution in [0.5, 0.6) is 0 Å². The van der Waals surface area contributed by atoms with Gasteiger partial charge in [-0.25, -0.2) is 9.97 Å². The molecule has 11 aromatic rings. The molecule has 5 heteroatoms. The molecule has 1 aliphatic rings. The molecule has 0 atom stereocenters. The average molecular weight is 832 g/mol. The molecule has 0 N–H and O–H groups in total. The van der Waals surface area contributed by atoms with Crippen molar-refractivity contribution in [2.45, 2.75) is 0 Å². The van der Waals surface area contributed by atoms with E-state index in [1.165, 1.54) is 38.5 Å². The highest BCUT2D eigenvalue weighted by molar-refractivity contribution is 6.11. The van der Waals surface area contributed by atoms with E-state index in [2.05, 4.69) is 209 Å². The van der Waals surface area contributed by atoms with Crippen LogP contribution in [-0.4, -0.2) is 19.1 Å². The van der Waals surface area contributed by atoms with E-state index in [1.54, 1.807) is 6.08 Å². The van der Waals surface area contributed by atoms with Crippen molar-refractivity contribution < 1.29 is 0 Å². The van der Waals surface area contributed by atoms with Gasteiger partial charge in [0.2, 0.25) is 0 Å². The van der Waals surface area contributed by atoms with Crippen LogP contribution in [0.2, 0.25) is 0 Å². The highest BCUT2D eigenvalue weighted by Gasteiger charge is 2.27. The molecule has 0 amide bonds. The van der Waals surface area contributed by atoms with Crippen molar-refractivity contribution in [2.75, 3.05) is 4.90 Å². The van der Waals surface area contributed by atoms with Gasteiger partial charge in [-0.2, -0.15) is 0 Å². The van der Waals surface area contributed by atoms with E-state index in [-0.39, 0.29) is 0 Å². The topological polar surface area (TPSA) is 38.9 Å². The van der Waals surface area contributed by atoms with E-state index < -0.39 is 0 Å². The molecule has 1 aliphatic heterocycles. The van der Waals surface area contributed by atoms with Crippen LogP contribution in [0.3, 0.4) is 0 Å². The lowest BCUT2D eigenvalue weighted by atomic mass is 10.0. The first-order chi connectivity index (χ1) is 32.1.